The molecule has 2 N–H and O–H groups in total. The van der Waals surface area contributed by atoms with E-state index in [2.05, 4.69) is 9.97 Å². The van der Waals surface area contributed by atoms with E-state index in [1.54, 1.807) is 14.2 Å². The van der Waals surface area contributed by atoms with Gasteiger partial charge < -0.3 is 19.6 Å². The summed E-state index contributed by atoms with van der Waals surface area (Å²) in [7, 11) is 3.18. The summed E-state index contributed by atoms with van der Waals surface area (Å²) in [4.78, 5) is 8.55. The second-order valence-electron chi connectivity index (χ2n) is 4.95. The zero-order chi connectivity index (χ0) is 16.4. The molecule has 0 atom stereocenters. The summed E-state index contributed by atoms with van der Waals surface area (Å²) in [5.41, 5.74) is 7.89. The van der Waals surface area contributed by atoms with Crippen molar-refractivity contribution in [3.05, 3.63) is 42.2 Å². The number of nitrogen functional groups attached to an aromatic ring is 1. The van der Waals surface area contributed by atoms with Crippen LogP contribution in [-0.4, -0.2) is 24.2 Å². The van der Waals surface area contributed by atoms with Gasteiger partial charge in [-0.3, -0.25) is 0 Å². The fourth-order valence-corrected chi connectivity index (χ4v) is 2.39. The summed E-state index contributed by atoms with van der Waals surface area (Å²) < 4.78 is 16.4. The Kier molecular flexibility index (Phi) is 3.89. The van der Waals surface area contributed by atoms with Crippen LogP contribution in [0.5, 0.6) is 11.5 Å². The maximum atomic E-state index is 5.87. The fraction of sp³-hybridized carbons (Fsp3) is 0.176. The Labute approximate surface area is 133 Å². The van der Waals surface area contributed by atoms with Gasteiger partial charge in [-0.2, -0.15) is 0 Å². The van der Waals surface area contributed by atoms with Crippen molar-refractivity contribution in [2.75, 3.05) is 20.0 Å². The smallest absolute Gasteiger partial charge is 0.221 e. The molecule has 6 heteroatoms. The zero-order valence-corrected chi connectivity index (χ0v) is 13.2. The van der Waals surface area contributed by atoms with Crippen LogP contribution in [0.2, 0.25) is 0 Å². The molecule has 3 rings (SSSR count). The summed E-state index contributed by atoms with van der Waals surface area (Å²) in [5, 5.41) is 0. The molecule has 2 heterocycles. The minimum absolute atomic E-state index is 0.163. The van der Waals surface area contributed by atoms with Crippen molar-refractivity contribution in [3.63, 3.8) is 0 Å². The predicted octanol–water partition coefficient (Wildman–Crippen LogP) is 3.31. The number of methoxy groups -OCH3 is 2. The molecule has 0 aliphatic rings. The highest BCUT2D eigenvalue weighted by Gasteiger charge is 2.15. The van der Waals surface area contributed by atoms with Crippen molar-refractivity contribution in [3.8, 4) is 34.2 Å². The Balaban J connectivity index is 2.16. The Bertz CT molecular complexity index is 843. The Morgan fingerprint density at radius 3 is 2.43 bits per heavy atom. The Hall–Kier alpha value is -3.02. The third-order valence-electron chi connectivity index (χ3n) is 3.42. The third-order valence-corrected chi connectivity index (χ3v) is 3.42. The van der Waals surface area contributed by atoms with Crippen molar-refractivity contribution in [1.82, 2.24) is 9.97 Å². The number of rotatable bonds is 4. The van der Waals surface area contributed by atoms with E-state index in [1.807, 2.05) is 43.3 Å². The largest absolute Gasteiger partial charge is 0.493 e. The molecule has 2 aromatic heterocycles. The molecule has 0 aliphatic carbocycles. The van der Waals surface area contributed by atoms with Gasteiger partial charge in [-0.25, -0.2) is 9.97 Å². The number of aromatic nitrogens is 2. The lowest BCUT2D eigenvalue weighted by Gasteiger charge is -2.12. The summed E-state index contributed by atoms with van der Waals surface area (Å²) in [6, 6.07) is 11.1. The van der Waals surface area contributed by atoms with E-state index in [0.717, 1.165) is 11.3 Å². The van der Waals surface area contributed by atoms with Gasteiger partial charge in [-0.15, -0.1) is 0 Å². The number of para-hydroxylation sites is 1. The number of aryl methyl sites for hydroxylation is 1. The van der Waals surface area contributed by atoms with Crippen LogP contribution >= 0.6 is 0 Å². The quantitative estimate of drug-likeness (QED) is 0.796. The highest BCUT2D eigenvalue weighted by molar-refractivity contribution is 5.74. The van der Waals surface area contributed by atoms with Crippen molar-refractivity contribution < 1.29 is 13.9 Å². The monoisotopic (exact) mass is 311 g/mol. The number of hydrogen-bond donors (Lipinski definition) is 1. The first-order valence-corrected chi connectivity index (χ1v) is 7.05. The van der Waals surface area contributed by atoms with Gasteiger partial charge >= 0.3 is 0 Å². The van der Waals surface area contributed by atoms with Crippen LogP contribution in [0, 0.1) is 6.92 Å². The van der Waals surface area contributed by atoms with Crippen molar-refractivity contribution >= 4 is 5.95 Å². The normalized spacial score (nSPS) is 10.6. The molecule has 0 aliphatic heterocycles. The lowest BCUT2D eigenvalue weighted by molar-refractivity contribution is 0.356. The summed E-state index contributed by atoms with van der Waals surface area (Å²) >= 11 is 0. The lowest BCUT2D eigenvalue weighted by atomic mass is 10.1. The maximum absolute atomic E-state index is 5.87. The predicted molar refractivity (Wildman–Crippen MR) is 87.4 cm³/mol. The number of furan rings is 1. The van der Waals surface area contributed by atoms with Crippen LogP contribution in [0.25, 0.3) is 22.7 Å². The molecule has 6 nitrogen and oxygen atoms in total. The molecule has 23 heavy (non-hydrogen) atoms. The van der Waals surface area contributed by atoms with Gasteiger partial charge in [0.05, 0.1) is 19.9 Å². The SMILES string of the molecule is COc1cccc(-c2cc(-c3ccc(C)o3)nc(N)n2)c1OC. The molecular weight excluding hydrogens is 294 g/mol. The summed E-state index contributed by atoms with van der Waals surface area (Å²) in [6.07, 6.45) is 0. The Morgan fingerprint density at radius 1 is 1.00 bits per heavy atom. The standard InChI is InChI=1S/C17H17N3O3/c1-10-7-8-14(23-10)13-9-12(19-17(18)20-13)11-5-4-6-15(21-2)16(11)22-3/h4-9H,1-3H3,(H2,18,19,20). The second kappa shape index (κ2) is 6.00. The number of nitrogens with zero attached hydrogens (tertiary/aromatic N) is 2. The van der Waals surface area contributed by atoms with Gasteiger partial charge in [0, 0.05) is 5.56 Å². The van der Waals surface area contributed by atoms with Crippen molar-refractivity contribution in [2.24, 2.45) is 0 Å². The van der Waals surface area contributed by atoms with Gasteiger partial charge in [0.25, 0.3) is 0 Å². The average Bonchev–Trinajstić information content (AvgIpc) is 3.00. The van der Waals surface area contributed by atoms with Gasteiger partial charge in [0.2, 0.25) is 5.95 Å². The molecule has 0 spiro atoms. The number of benzene rings is 1. The highest BCUT2D eigenvalue weighted by Crippen LogP contribution is 2.38. The third kappa shape index (κ3) is 2.83. The molecule has 0 fully saturated rings. The molecule has 0 saturated heterocycles. The molecule has 0 bridgehead atoms. The molecule has 1 aromatic carbocycles. The van der Waals surface area contributed by atoms with E-state index in [0.29, 0.717) is 28.6 Å². The first-order chi connectivity index (χ1) is 11.1. The molecule has 118 valence electrons. The minimum Gasteiger partial charge on any atom is -0.493 e. The van der Waals surface area contributed by atoms with Crippen LogP contribution < -0.4 is 15.2 Å². The van der Waals surface area contributed by atoms with E-state index in [4.69, 9.17) is 19.6 Å². The summed E-state index contributed by atoms with van der Waals surface area (Å²) in [6.45, 7) is 1.88. The van der Waals surface area contributed by atoms with Gasteiger partial charge in [-0.05, 0) is 37.3 Å². The topological polar surface area (TPSA) is 83.4 Å². The minimum atomic E-state index is 0.163. The zero-order valence-electron chi connectivity index (χ0n) is 13.2. The fourth-order valence-electron chi connectivity index (χ4n) is 2.39. The van der Waals surface area contributed by atoms with E-state index < -0.39 is 0 Å². The van der Waals surface area contributed by atoms with E-state index in [1.165, 1.54) is 0 Å². The van der Waals surface area contributed by atoms with Crippen LogP contribution in [0.3, 0.4) is 0 Å². The lowest BCUT2D eigenvalue weighted by Crippen LogP contribution is -2.00. The van der Waals surface area contributed by atoms with E-state index >= 15 is 0 Å². The molecule has 3 aromatic rings. The van der Waals surface area contributed by atoms with Crippen LogP contribution in [0.4, 0.5) is 5.95 Å². The van der Waals surface area contributed by atoms with Gasteiger partial charge in [-0.1, -0.05) is 6.07 Å². The van der Waals surface area contributed by atoms with Gasteiger partial charge in [0.1, 0.15) is 11.5 Å². The average molecular weight is 311 g/mol. The van der Waals surface area contributed by atoms with E-state index in [-0.39, 0.29) is 5.95 Å². The van der Waals surface area contributed by atoms with Gasteiger partial charge in [0.15, 0.2) is 17.3 Å². The first kappa shape index (κ1) is 14.9. The molecular formula is C17H17N3O3. The maximum Gasteiger partial charge on any atom is 0.221 e. The first-order valence-electron chi connectivity index (χ1n) is 7.05. The Morgan fingerprint density at radius 2 is 1.78 bits per heavy atom. The number of nitrogens with two attached hydrogens (primary N) is 1. The second-order valence-corrected chi connectivity index (χ2v) is 4.95. The van der Waals surface area contributed by atoms with Crippen LogP contribution in [0.15, 0.2) is 40.8 Å². The van der Waals surface area contributed by atoms with E-state index in [9.17, 15) is 0 Å². The molecule has 0 saturated carbocycles. The number of anilines is 1. The molecule has 0 unspecified atom stereocenters. The van der Waals surface area contributed by atoms with Crippen LogP contribution in [-0.2, 0) is 0 Å². The molecule has 0 amide bonds. The van der Waals surface area contributed by atoms with Crippen LogP contribution in [0.1, 0.15) is 5.76 Å². The van der Waals surface area contributed by atoms with Crippen molar-refractivity contribution in [1.29, 1.82) is 0 Å². The number of ether oxygens (including phenoxy) is 2. The number of hydrogen-bond acceptors (Lipinski definition) is 6. The molecule has 0 radical (unpaired) electrons. The summed E-state index contributed by atoms with van der Waals surface area (Å²) in [5.74, 6) is 2.82. The highest BCUT2D eigenvalue weighted by atomic mass is 16.5. The van der Waals surface area contributed by atoms with Crippen molar-refractivity contribution in [2.45, 2.75) is 6.92 Å².